The van der Waals surface area contributed by atoms with Crippen LogP contribution >= 0.6 is 0 Å². The highest BCUT2D eigenvalue weighted by atomic mass is 16.5. The molecule has 0 saturated carbocycles. The second-order valence-electron chi connectivity index (χ2n) is 6.06. The molecule has 1 aromatic carbocycles. The van der Waals surface area contributed by atoms with E-state index in [0.717, 1.165) is 15.8 Å². The Morgan fingerprint density at radius 1 is 1.10 bits per heavy atom. The van der Waals surface area contributed by atoms with Crippen molar-refractivity contribution >= 4 is 28.6 Å². The summed E-state index contributed by atoms with van der Waals surface area (Å²) in [5.74, 6) is -0.756. The van der Waals surface area contributed by atoms with Crippen LogP contribution in [0.4, 0.5) is 10.5 Å². The number of fused-ring (bicyclic) bond motifs is 1. The van der Waals surface area contributed by atoms with Gasteiger partial charge in [-0.05, 0) is 35.9 Å². The molecule has 0 aliphatic heterocycles. The monoisotopic (exact) mass is 389 g/mol. The molecule has 4 rings (SSSR count). The second kappa shape index (κ2) is 7.39. The molecule has 3 heterocycles. The summed E-state index contributed by atoms with van der Waals surface area (Å²) in [5, 5.41) is 16.5. The van der Waals surface area contributed by atoms with Crippen molar-refractivity contribution in [2.75, 3.05) is 12.4 Å². The predicted octanol–water partition coefficient (Wildman–Crippen LogP) is 3.28. The van der Waals surface area contributed by atoms with Gasteiger partial charge >= 0.3 is 12.0 Å². The lowest BCUT2D eigenvalue weighted by atomic mass is 10.0. The maximum atomic E-state index is 12.6. The van der Waals surface area contributed by atoms with Gasteiger partial charge in [0.05, 0.1) is 24.5 Å². The molecule has 0 aliphatic rings. The maximum Gasteiger partial charge on any atom is 0.357 e. The molecule has 3 aromatic heterocycles. The molecular weight excluding hydrogens is 374 g/mol. The van der Waals surface area contributed by atoms with Crippen LogP contribution in [0.5, 0.6) is 5.88 Å². The minimum atomic E-state index is -1.23. The zero-order valence-corrected chi connectivity index (χ0v) is 15.2. The fourth-order valence-electron chi connectivity index (χ4n) is 2.90. The molecule has 0 radical (unpaired) electrons. The van der Waals surface area contributed by atoms with Crippen molar-refractivity contribution in [2.24, 2.45) is 0 Å². The summed E-state index contributed by atoms with van der Waals surface area (Å²) in [5.41, 5.74) is 2.14. The Balaban J connectivity index is 1.77. The third-order valence-corrected chi connectivity index (χ3v) is 4.27. The molecule has 0 aliphatic carbocycles. The number of nitrogens with one attached hydrogen (secondary N) is 1. The van der Waals surface area contributed by atoms with Crippen molar-refractivity contribution in [1.29, 1.82) is 0 Å². The number of rotatable bonds is 4. The number of carbonyl (C=O) groups excluding carboxylic acids is 1. The van der Waals surface area contributed by atoms with Crippen LogP contribution in [0.1, 0.15) is 10.5 Å². The highest BCUT2D eigenvalue weighted by molar-refractivity contribution is 6.06. The third kappa shape index (κ3) is 3.48. The molecule has 144 valence electrons. The molecule has 1 amide bonds. The van der Waals surface area contributed by atoms with Crippen LogP contribution in [-0.4, -0.2) is 44.0 Å². The van der Waals surface area contributed by atoms with Crippen LogP contribution in [0.15, 0.2) is 61.1 Å². The van der Waals surface area contributed by atoms with Gasteiger partial charge in [-0.1, -0.05) is 6.07 Å². The van der Waals surface area contributed by atoms with Crippen molar-refractivity contribution in [3.8, 4) is 17.0 Å². The quantitative estimate of drug-likeness (QED) is 0.550. The number of benzene rings is 1. The first-order chi connectivity index (χ1) is 14.1. The van der Waals surface area contributed by atoms with E-state index >= 15 is 0 Å². The van der Waals surface area contributed by atoms with Crippen molar-refractivity contribution in [2.45, 2.75) is 0 Å². The van der Waals surface area contributed by atoms with E-state index < -0.39 is 12.0 Å². The van der Waals surface area contributed by atoms with E-state index in [1.165, 1.54) is 13.3 Å². The molecule has 29 heavy (non-hydrogen) atoms. The molecule has 0 fully saturated rings. The van der Waals surface area contributed by atoms with Gasteiger partial charge in [0.1, 0.15) is 0 Å². The molecule has 9 heteroatoms. The molecule has 0 bridgehead atoms. The van der Waals surface area contributed by atoms with Crippen LogP contribution in [0.2, 0.25) is 0 Å². The van der Waals surface area contributed by atoms with Gasteiger partial charge in [-0.15, -0.1) is 0 Å². The van der Waals surface area contributed by atoms with Crippen LogP contribution in [0.3, 0.4) is 0 Å². The minimum Gasteiger partial charge on any atom is -0.481 e. The van der Waals surface area contributed by atoms with Crippen LogP contribution in [0.25, 0.3) is 22.0 Å². The molecular formula is C20H15N5O4. The van der Waals surface area contributed by atoms with Gasteiger partial charge in [-0.3, -0.25) is 4.98 Å². The summed E-state index contributed by atoms with van der Waals surface area (Å²) in [6, 6.07) is 11.4. The van der Waals surface area contributed by atoms with E-state index in [1.54, 1.807) is 48.8 Å². The first-order valence-corrected chi connectivity index (χ1v) is 8.54. The zero-order valence-electron chi connectivity index (χ0n) is 15.2. The zero-order chi connectivity index (χ0) is 20.4. The fourth-order valence-corrected chi connectivity index (χ4v) is 2.90. The standard InChI is InChI=1S/C20H15N5O4/c1-29-17-7-5-13(10-22-17)12-4-6-16-15(9-12)18(19(26)27)24-25(16)20(28)23-14-3-2-8-21-11-14/h2-11H,1H3,(H,23,28)(H,26,27). The topological polar surface area (TPSA) is 119 Å². The van der Waals surface area contributed by atoms with E-state index in [1.807, 2.05) is 6.07 Å². The van der Waals surface area contributed by atoms with Crippen LogP contribution < -0.4 is 10.1 Å². The van der Waals surface area contributed by atoms with E-state index in [9.17, 15) is 14.7 Å². The summed E-state index contributed by atoms with van der Waals surface area (Å²) >= 11 is 0. The lowest BCUT2D eigenvalue weighted by Crippen LogP contribution is -2.21. The van der Waals surface area contributed by atoms with Gasteiger partial charge in [0.2, 0.25) is 5.88 Å². The number of hydrogen-bond donors (Lipinski definition) is 2. The number of carboxylic acid groups (broad SMARTS) is 1. The van der Waals surface area contributed by atoms with Crippen LogP contribution in [-0.2, 0) is 0 Å². The Kier molecular flexibility index (Phi) is 4.62. The molecule has 0 unspecified atom stereocenters. The van der Waals surface area contributed by atoms with Gasteiger partial charge in [0.25, 0.3) is 0 Å². The van der Waals surface area contributed by atoms with Crippen molar-refractivity contribution in [3.63, 3.8) is 0 Å². The second-order valence-corrected chi connectivity index (χ2v) is 6.06. The smallest absolute Gasteiger partial charge is 0.357 e. The predicted molar refractivity (Wildman–Crippen MR) is 105 cm³/mol. The number of hydrogen-bond acceptors (Lipinski definition) is 6. The van der Waals surface area contributed by atoms with Gasteiger partial charge in [-0.2, -0.15) is 9.78 Å². The highest BCUT2D eigenvalue weighted by Gasteiger charge is 2.21. The molecule has 0 atom stereocenters. The Bertz CT molecular complexity index is 1200. The number of carboxylic acids is 1. The number of pyridine rings is 2. The lowest BCUT2D eigenvalue weighted by molar-refractivity contribution is 0.0692. The molecule has 4 aromatic rings. The van der Waals surface area contributed by atoms with Crippen LogP contribution in [0, 0.1) is 0 Å². The lowest BCUT2D eigenvalue weighted by Gasteiger charge is -2.06. The minimum absolute atomic E-state index is 0.218. The summed E-state index contributed by atoms with van der Waals surface area (Å²) in [6.45, 7) is 0. The number of amides is 1. The number of carbonyl (C=O) groups is 2. The fraction of sp³-hybridized carbons (Fsp3) is 0.0500. The van der Waals surface area contributed by atoms with Crippen molar-refractivity contribution in [1.82, 2.24) is 19.7 Å². The Labute approximate surface area is 164 Å². The third-order valence-electron chi connectivity index (χ3n) is 4.27. The number of nitrogens with zero attached hydrogens (tertiary/aromatic N) is 4. The Morgan fingerprint density at radius 2 is 1.93 bits per heavy atom. The maximum absolute atomic E-state index is 12.6. The summed E-state index contributed by atoms with van der Waals surface area (Å²) < 4.78 is 6.08. The largest absolute Gasteiger partial charge is 0.481 e. The Morgan fingerprint density at radius 3 is 2.59 bits per heavy atom. The first-order valence-electron chi connectivity index (χ1n) is 8.54. The van der Waals surface area contributed by atoms with E-state index in [-0.39, 0.29) is 5.69 Å². The van der Waals surface area contributed by atoms with Gasteiger partial charge < -0.3 is 15.2 Å². The van der Waals surface area contributed by atoms with Gasteiger partial charge in [0.15, 0.2) is 5.69 Å². The van der Waals surface area contributed by atoms with E-state index in [4.69, 9.17) is 4.74 Å². The summed E-state index contributed by atoms with van der Waals surface area (Å²) in [6.07, 6.45) is 4.69. The van der Waals surface area contributed by atoms with E-state index in [0.29, 0.717) is 22.5 Å². The average Bonchev–Trinajstić information content (AvgIpc) is 3.14. The molecule has 0 saturated heterocycles. The number of aromatic carboxylic acids is 1. The molecule has 2 N–H and O–H groups in total. The summed E-state index contributed by atoms with van der Waals surface area (Å²) in [7, 11) is 1.53. The molecule has 9 nitrogen and oxygen atoms in total. The van der Waals surface area contributed by atoms with Crippen molar-refractivity contribution in [3.05, 3.63) is 66.7 Å². The molecule has 0 spiro atoms. The number of ether oxygens (including phenoxy) is 1. The average molecular weight is 389 g/mol. The normalized spacial score (nSPS) is 10.7. The number of aromatic nitrogens is 4. The number of anilines is 1. The van der Waals surface area contributed by atoms with Gasteiger partial charge in [0, 0.05) is 29.4 Å². The number of methoxy groups -OCH3 is 1. The first kappa shape index (κ1) is 18.1. The SMILES string of the molecule is COc1ccc(-c2ccc3c(c2)c(C(=O)O)nn3C(=O)Nc2cccnc2)cn1. The van der Waals surface area contributed by atoms with Crippen molar-refractivity contribution < 1.29 is 19.4 Å². The highest BCUT2D eigenvalue weighted by Crippen LogP contribution is 2.27. The van der Waals surface area contributed by atoms with E-state index in [2.05, 4.69) is 20.4 Å². The van der Waals surface area contributed by atoms with Gasteiger partial charge in [-0.25, -0.2) is 14.6 Å². The summed E-state index contributed by atoms with van der Waals surface area (Å²) in [4.78, 5) is 32.4. The Hall–Kier alpha value is -4.27.